The number of rotatable bonds is 18. The van der Waals surface area contributed by atoms with Gasteiger partial charge in [-0.25, -0.2) is 4.79 Å². The Labute approximate surface area is 279 Å². The van der Waals surface area contributed by atoms with Gasteiger partial charge in [-0.2, -0.15) is 0 Å². The maximum Gasteiger partial charge on any atom is 0.326 e. The fraction of sp³-hybridized carbons (Fsp3) is 0.594. The lowest BCUT2D eigenvalue weighted by Crippen LogP contribution is -2.59. The number of amides is 5. The highest BCUT2D eigenvalue weighted by atomic mass is 16.4. The van der Waals surface area contributed by atoms with Crippen LogP contribution in [-0.4, -0.2) is 105 Å². The van der Waals surface area contributed by atoms with E-state index in [4.69, 9.17) is 5.73 Å². The Morgan fingerprint density at radius 3 is 2.15 bits per heavy atom. The van der Waals surface area contributed by atoms with Crippen LogP contribution < -0.4 is 27.0 Å². The third kappa shape index (κ3) is 11.8. The maximum atomic E-state index is 13.6. The first-order valence-electron chi connectivity index (χ1n) is 16.0. The van der Waals surface area contributed by atoms with Crippen molar-refractivity contribution in [2.75, 3.05) is 13.1 Å². The van der Waals surface area contributed by atoms with Crippen LogP contribution in [0.25, 0.3) is 0 Å². The summed E-state index contributed by atoms with van der Waals surface area (Å²) in [5, 5.41) is 38.2. The molecule has 0 saturated carbocycles. The molecule has 5 amide bonds. The Morgan fingerprint density at radius 2 is 1.58 bits per heavy atom. The number of nitrogens with one attached hydrogen (secondary N) is 4. The zero-order chi connectivity index (χ0) is 36.1. The van der Waals surface area contributed by atoms with Crippen LogP contribution in [0.3, 0.4) is 0 Å². The van der Waals surface area contributed by atoms with Crippen LogP contribution in [0.1, 0.15) is 65.4 Å². The lowest BCUT2D eigenvalue weighted by molar-refractivity contribution is -0.143. The van der Waals surface area contributed by atoms with Gasteiger partial charge >= 0.3 is 11.9 Å². The van der Waals surface area contributed by atoms with E-state index in [1.165, 1.54) is 29.2 Å². The number of benzene rings is 1. The minimum absolute atomic E-state index is 0.00305. The predicted molar refractivity (Wildman–Crippen MR) is 172 cm³/mol. The first-order chi connectivity index (χ1) is 22.5. The minimum atomic E-state index is -1.31. The van der Waals surface area contributed by atoms with E-state index < -0.39 is 90.6 Å². The quantitative estimate of drug-likeness (QED) is 0.0981. The molecule has 2 rings (SSSR count). The van der Waals surface area contributed by atoms with Crippen molar-refractivity contribution in [3.8, 4) is 5.75 Å². The topological polar surface area (TPSA) is 258 Å². The number of phenols is 1. The van der Waals surface area contributed by atoms with Crippen molar-refractivity contribution in [2.45, 2.75) is 96.4 Å². The van der Waals surface area contributed by atoms with Gasteiger partial charge in [0, 0.05) is 19.4 Å². The zero-order valence-electron chi connectivity index (χ0n) is 27.7. The molecular formula is C32H48N6O10. The Bertz CT molecular complexity index is 1320. The van der Waals surface area contributed by atoms with Crippen LogP contribution in [0.4, 0.5) is 0 Å². The smallest absolute Gasteiger partial charge is 0.326 e. The highest BCUT2D eigenvalue weighted by Crippen LogP contribution is 2.21. The van der Waals surface area contributed by atoms with Gasteiger partial charge in [0.25, 0.3) is 0 Å². The summed E-state index contributed by atoms with van der Waals surface area (Å²) in [6.45, 7) is 6.56. The molecule has 266 valence electrons. The number of carboxylic acids is 2. The summed E-state index contributed by atoms with van der Waals surface area (Å²) in [6.07, 6.45) is 0.481. The van der Waals surface area contributed by atoms with E-state index in [9.17, 15) is 48.9 Å². The van der Waals surface area contributed by atoms with Gasteiger partial charge in [-0.1, -0.05) is 46.2 Å². The summed E-state index contributed by atoms with van der Waals surface area (Å²) in [6, 6.07) is 0.237. The van der Waals surface area contributed by atoms with Crippen molar-refractivity contribution in [1.82, 2.24) is 26.2 Å². The number of nitrogens with zero attached hydrogens (tertiary/aromatic N) is 1. The first kappa shape index (κ1) is 39.4. The highest BCUT2D eigenvalue weighted by Gasteiger charge is 2.40. The van der Waals surface area contributed by atoms with Gasteiger partial charge < -0.3 is 47.2 Å². The molecule has 48 heavy (non-hydrogen) atoms. The lowest BCUT2D eigenvalue weighted by Gasteiger charge is -2.31. The van der Waals surface area contributed by atoms with Gasteiger partial charge in [0.05, 0.1) is 12.6 Å². The summed E-state index contributed by atoms with van der Waals surface area (Å²) in [4.78, 5) is 89.8. The van der Waals surface area contributed by atoms with E-state index in [1.54, 1.807) is 27.7 Å². The molecule has 6 atom stereocenters. The maximum absolute atomic E-state index is 13.6. The number of aromatic hydroxyl groups is 1. The summed E-state index contributed by atoms with van der Waals surface area (Å²) in [5.74, 6) is -6.47. The van der Waals surface area contributed by atoms with Crippen molar-refractivity contribution >= 4 is 41.5 Å². The molecular weight excluding hydrogens is 628 g/mol. The van der Waals surface area contributed by atoms with E-state index in [-0.39, 0.29) is 37.5 Å². The lowest BCUT2D eigenvalue weighted by atomic mass is 9.97. The number of carbonyl (C=O) groups is 7. The molecule has 0 aromatic heterocycles. The molecule has 9 N–H and O–H groups in total. The molecule has 0 radical (unpaired) electrons. The number of aliphatic carboxylic acids is 2. The Morgan fingerprint density at radius 1 is 0.938 bits per heavy atom. The van der Waals surface area contributed by atoms with E-state index in [1.807, 2.05) is 0 Å². The van der Waals surface area contributed by atoms with E-state index in [0.717, 1.165) is 0 Å². The number of carbonyl (C=O) groups excluding carboxylic acids is 5. The van der Waals surface area contributed by atoms with Crippen molar-refractivity contribution in [3.63, 3.8) is 0 Å². The molecule has 1 saturated heterocycles. The number of nitrogens with two attached hydrogens (primary N) is 1. The minimum Gasteiger partial charge on any atom is -0.508 e. The predicted octanol–water partition coefficient (Wildman–Crippen LogP) is -0.525. The molecule has 0 aliphatic carbocycles. The standard InChI is InChI=1S/C32H48N6O10/c1-5-18(4)27(30(45)34-16-24(40)35-22(32(47)48)15-19-8-10-20(39)11-9-19)37-28(43)23-7-6-14-38(23)31(46)21(12-13-25(41)42)36-29(44)26(33)17(2)3/h8-11,17-18,21-23,26-27,39H,5-7,12-16,33H2,1-4H3,(H,34,45)(H,35,40)(H,36,44)(H,37,43)(H,41,42)(H,47,48)/t18-,21-,22-,23-,26-,27-/m0/s1. The van der Waals surface area contributed by atoms with Gasteiger partial charge in [-0.15, -0.1) is 0 Å². The number of hydrogen-bond donors (Lipinski definition) is 8. The average molecular weight is 677 g/mol. The second kappa shape index (κ2) is 18.6. The highest BCUT2D eigenvalue weighted by molar-refractivity contribution is 5.96. The van der Waals surface area contributed by atoms with Crippen LogP contribution in [-0.2, 0) is 40.0 Å². The summed E-state index contributed by atoms with van der Waals surface area (Å²) < 4.78 is 0. The van der Waals surface area contributed by atoms with Gasteiger partial charge in [0.1, 0.15) is 29.9 Å². The van der Waals surface area contributed by atoms with E-state index in [2.05, 4.69) is 21.3 Å². The second-order valence-corrected chi connectivity index (χ2v) is 12.4. The first-order valence-corrected chi connectivity index (χ1v) is 16.0. The second-order valence-electron chi connectivity index (χ2n) is 12.4. The number of hydrogen-bond acceptors (Lipinski definition) is 9. The van der Waals surface area contributed by atoms with Crippen molar-refractivity contribution in [1.29, 1.82) is 0 Å². The third-order valence-corrected chi connectivity index (χ3v) is 8.35. The molecule has 1 aliphatic heterocycles. The third-order valence-electron chi connectivity index (χ3n) is 8.35. The fourth-order valence-corrected chi connectivity index (χ4v) is 5.14. The van der Waals surface area contributed by atoms with E-state index >= 15 is 0 Å². The van der Waals surface area contributed by atoms with Crippen LogP contribution in [0.15, 0.2) is 24.3 Å². The van der Waals surface area contributed by atoms with Crippen LogP contribution in [0, 0.1) is 11.8 Å². The number of carboxylic acid groups (broad SMARTS) is 2. The number of phenolic OH excluding ortho intramolecular Hbond substituents is 1. The van der Waals surface area contributed by atoms with Crippen LogP contribution in [0.2, 0.25) is 0 Å². The normalized spacial score (nSPS) is 17.4. The van der Waals surface area contributed by atoms with Gasteiger partial charge in [-0.05, 0) is 48.8 Å². The van der Waals surface area contributed by atoms with Crippen LogP contribution >= 0.6 is 0 Å². The average Bonchev–Trinajstić information content (AvgIpc) is 3.54. The van der Waals surface area contributed by atoms with Crippen molar-refractivity contribution in [3.05, 3.63) is 29.8 Å². The molecule has 1 heterocycles. The summed E-state index contributed by atoms with van der Waals surface area (Å²) in [5.41, 5.74) is 6.47. The van der Waals surface area contributed by atoms with Gasteiger partial charge in [0.2, 0.25) is 29.5 Å². The fourth-order valence-electron chi connectivity index (χ4n) is 5.14. The molecule has 0 unspecified atom stereocenters. The van der Waals surface area contributed by atoms with Crippen molar-refractivity contribution < 1.29 is 48.9 Å². The van der Waals surface area contributed by atoms with Gasteiger partial charge in [-0.3, -0.25) is 28.8 Å². The molecule has 1 aromatic carbocycles. The molecule has 16 nitrogen and oxygen atoms in total. The number of likely N-dealkylation sites (tertiary alicyclic amines) is 1. The Hall–Kier alpha value is -4.73. The summed E-state index contributed by atoms with van der Waals surface area (Å²) >= 11 is 0. The monoisotopic (exact) mass is 676 g/mol. The Kier molecular flexibility index (Phi) is 15.3. The van der Waals surface area contributed by atoms with Gasteiger partial charge in [0.15, 0.2) is 0 Å². The molecule has 0 bridgehead atoms. The van der Waals surface area contributed by atoms with Crippen molar-refractivity contribution in [2.24, 2.45) is 17.6 Å². The largest absolute Gasteiger partial charge is 0.508 e. The zero-order valence-corrected chi connectivity index (χ0v) is 27.7. The molecule has 1 aromatic rings. The summed E-state index contributed by atoms with van der Waals surface area (Å²) in [7, 11) is 0. The molecule has 0 spiro atoms. The molecule has 1 fully saturated rings. The molecule has 1 aliphatic rings. The SMILES string of the molecule is CC[C@H](C)[C@H](NC(=O)[C@@H]1CCCN1C(=O)[C@H](CCC(=O)O)NC(=O)[C@@H](N)C(C)C)C(=O)NCC(=O)N[C@@H](Cc1ccc(O)cc1)C(=O)O. The van der Waals surface area contributed by atoms with Crippen LogP contribution in [0.5, 0.6) is 5.75 Å². The molecule has 16 heteroatoms. The Balaban J connectivity index is 2.09. The van der Waals surface area contributed by atoms with E-state index in [0.29, 0.717) is 18.4 Å².